The number of hydrogen-bond acceptors (Lipinski definition) is 3. The van der Waals surface area contributed by atoms with Crippen LogP contribution in [0.15, 0.2) is 18.2 Å². The Hall–Kier alpha value is -1.10. The van der Waals surface area contributed by atoms with E-state index in [-0.39, 0.29) is 17.2 Å². The van der Waals surface area contributed by atoms with E-state index in [0.29, 0.717) is 12.0 Å². The highest BCUT2D eigenvalue weighted by Gasteiger charge is 2.11. The van der Waals surface area contributed by atoms with E-state index in [4.69, 9.17) is 5.73 Å². The monoisotopic (exact) mass is 231 g/mol. The minimum absolute atomic E-state index is 0.115. The Balaban J connectivity index is 2.90. The normalized spacial score (nSPS) is 11.6. The molecule has 1 aromatic carbocycles. The van der Waals surface area contributed by atoms with Crippen LogP contribution in [0.1, 0.15) is 18.9 Å². The van der Waals surface area contributed by atoms with Crippen molar-refractivity contribution < 1.29 is 12.8 Å². The van der Waals surface area contributed by atoms with Crippen molar-refractivity contribution in [2.75, 3.05) is 11.5 Å². The summed E-state index contributed by atoms with van der Waals surface area (Å²) in [5.74, 6) is -0.539. The van der Waals surface area contributed by atoms with Gasteiger partial charge in [0, 0.05) is 5.69 Å². The largest absolute Gasteiger partial charge is 0.399 e. The van der Waals surface area contributed by atoms with E-state index in [0.717, 1.165) is 6.07 Å². The molecule has 0 bridgehead atoms. The number of halogens is 1. The molecule has 15 heavy (non-hydrogen) atoms. The van der Waals surface area contributed by atoms with Crippen molar-refractivity contribution in [2.24, 2.45) is 0 Å². The molecule has 5 heteroatoms. The van der Waals surface area contributed by atoms with Gasteiger partial charge in [0.25, 0.3) is 0 Å². The van der Waals surface area contributed by atoms with Crippen molar-refractivity contribution >= 4 is 15.5 Å². The lowest BCUT2D eigenvalue weighted by Crippen LogP contribution is -2.09. The van der Waals surface area contributed by atoms with E-state index in [2.05, 4.69) is 0 Å². The van der Waals surface area contributed by atoms with Crippen LogP contribution in [0.4, 0.5) is 10.1 Å². The third kappa shape index (κ3) is 3.87. The van der Waals surface area contributed by atoms with E-state index >= 15 is 0 Å². The van der Waals surface area contributed by atoms with Gasteiger partial charge in [0.2, 0.25) is 0 Å². The maximum Gasteiger partial charge on any atom is 0.154 e. The lowest BCUT2D eigenvalue weighted by molar-refractivity contribution is 0.593. The lowest BCUT2D eigenvalue weighted by atomic mass is 10.2. The third-order valence-corrected chi connectivity index (χ3v) is 3.69. The first-order chi connectivity index (χ1) is 6.93. The van der Waals surface area contributed by atoms with Gasteiger partial charge < -0.3 is 5.73 Å². The first-order valence-corrected chi connectivity index (χ1v) is 6.50. The molecule has 0 radical (unpaired) electrons. The Bertz CT molecular complexity index is 422. The predicted octanol–water partition coefficient (Wildman–Crippen LogP) is 1.73. The van der Waals surface area contributed by atoms with Gasteiger partial charge in [0.1, 0.15) is 5.82 Å². The van der Waals surface area contributed by atoms with Gasteiger partial charge in [-0.1, -0.05) is 6.92 Å². The fourth-order valence-electron chi connectivity index (χ4n) is 1.40. The summed E-state index contributed by atoms with van der Waals surface area (Å²) in [5, 5.41) is 0. The topological polar surface area (TPSA) is 60.2 Å². The fraction of sp³-hybridized carbons (Fsp3) is 0.400. The van der Waals surface area contributed by atoms with Crippen LogP contribution in [0.2, 0.25) is 0 Å². The highest BCUT2D eigenvalue weighted by molar-refractivity contribution is 7.90. The summed E-state index contributed by atoms with van der Waals surface area (Å²) >= 11 is 0. The molecule has 0 aromatic heterocycles. The molecule has 0 fully saturated rings. The molecule has 0 aliphatic heterocycles. The van der Waals surface area contributed by atoms with Crippen LogP contribution in [-0.2, 0) is 15.6 Å². The number of nitrogens with two attached hydrogens (primary N) is 1. The maximum atomic E-state index is 12.9. The smallest absolute Gasteiger partial charge is 0.154 e. The number of nitrogen functional groups attached to an aromatic ring is 1. The zero-order chi connectivity index (χ0) is 11.5. The molecular weight excluding hydrogens is 217 g/mol. The Morgan fingerprint density at radius 2 is 2.00 bits per heavy atom. The number of sulfone groups is 1. The van der Waals surface area contributed by atoms with Crippen LogP contribution < -0.4 is 5.73 Å². The van der Waals surface area contributed by atoms with Crippen LogP contribution in [0.5, 0.6) is 0 Å². The second kappa shape index (κ2) is 4.61. The van der Waals surface area contributed by atoms with Gasteiger partial charge in [0.15, 0.2) is 9.84 Å². The first-order valence-electron chi connectivity index (χ1n) is 4.68. The van der Waals surface area contributed by atoms with Crippen LogP contribution in [0.25, 0.3) is 0 Å². The summed E-state index contributed by atoms with van der Waals surface area (Å²) in [6.07, 6.45) is 0.563. The summed E-state index contributed by atoms with van der Waals surface area (Å²) in [6, 6.07) is 3.84. The quantitative estimate of drug-likeness (QED) is 0.803. The number of anilines is 1. The molecule has 1 rings (SSSR count). The van der Waals surface area contributed by atoms with E-state index < -0.39 is 15.7 Å². The molecule has 0 atom stereocenters. The minimum Gasteiger partial charge on any atom is -0.399 e. The van der Waals surface area contributed by atoms with Gasteiger partial charge in [-0.15, -0.1) is 0 Å². The Labute approximate surface area is 89.0 Å². The van der Waals surface area contributed by atoms with E-state index in [1.165, 1.54) is 12.1 Å². The number of rotatable bonds is 4. The van der Waals surface area contributed by atoms with Gasteiger partial charge in [-0.25, -0.2) is 12.8 Å². The van der Waals surface area contributed by atoms with Gasteiger partial charge in [-0.05, 0) is 30.2 Å². The number of hydrogen-bond donors (Lipinski definition) is 1. The fourth-order valence-corrected chi connectivity index (χ4v) is 2.84. The highest BCUT2D eigenvalue weighted by atomic mass is 32.2. The second-order valence-corrected chi connectivity index (χ2v) is 5.67. The van der Waals surface area contributed by atoms with Crippen LogP contribution in [0.3, 0.4) is 0 Å². The van der Waals surface area contributed by atoms with Crippen molar-refractivity contribution in [1.29, 1.82) is 0 Å². The average molecular weight is 231 g/mol. The Kier molecular flexibility index (Phi) is 3.68. The molecule has 3 nitrogen and oxygen atoms in total. The van der Waals surface area contributed by atoms with Crippen LogP contribution in [0, 0.1) is 5.82 Å². The molecule has 1 aromatic rings. The van der Waals surface area contributed by atoms with E-state index in [1.54, 1.807) is 6.92 Å². The SMILES string of the molecule is CCCS(=O)(=O)Cc1cc(N)cc(F)c1. The Morgan fingerprint density at radius 3 is 2.53 bits per heavy atom. The standard InChI is InChI=1S/C10H14FNO2S/c1-2-3-15(13,14)7-8-4-9(11)6-10(12)5-8/h4-6H,2-3,7,12H2,1H3. The van der Waals surface area contributed by atoms with E-state index in [9.17, 15) is 12.8 Å². The highest BCUT2D eigenvalue weighted by Crippen LogP contribution is 2.14. The van der Waals surface area contributed by atoms with Crippen molar-refractivity contribution in [3.8, 4) is 0 Å². The summed E-state index contributed by atoms with van der Waals surface area (Å²) in [5.41, 5.74) is 6.07. The summed E-state index contributed by atoms with van der Waals surface area (Å²) in [4.78, 5) is 0. The summed E-state index contributed by atoms with van der Waals surface area (Å²) in [6.45, 7) is 1.79. The van der Waals surface area contributed by atoms with Crippen molar-refractivity contribution in [1.82, 2.24) is 0 Å². The summed E-state index contributed by atoms with van der Waals surface area (Å²) < 4.78 is 35.8. The minimum atomic E-state index is -3.14. The first kappa shape index (κ1) is 12.0. The summed E-state index contributed by atoms with van der Waals surface area (Å²) in [7, 11) is -3.14. The molecule has 0 amide bonds. The average Bonchev–Trinajstić information content (AvgIpc) is 1.99. The molecule has 2 N–H and O–H groups in total. The van der Waals surface area contributed by atoms with Gasteiger partial charge in [0.05, 0.1) is 11.5 Å². The van der Waals surface area contributed by atoms with E-state index in [1.807, 2.05) is 0 Å². The van der Waals surface area contributed by atoms with Crippen LogP contribution in [-0.4, -0.2) is 14.2 Å². The molecule has 0 aliphatic rings. The molecule has 0 heterocycles. The molecule has 0 unspecified atom stereocenters. The molecule has 0 spiro atoms. The predicted molar refractivity (Wildman–Crippen MR) is 58.6 cm³/mol. The molecule has 84 valence electrons. The maximum absolute atomic E-state index is 12.9. The molecule has 0 saturated heterocycles. The van der Waals surface area contributed by atoms with Crippen molar-refractivity contribution in [2.45, 2.75) is 19.1 Å². The van der Waals surface area contributed by atoms with Gasteiger partial charge in [-0.2, -0.15) is 0 Å². The van der Waals surface area contributed by atoms with Gasteiger partial charge >= 0.3 is 0 Å². The van der Waals surface area contributed by atoms with Gasteiger partial charge in [-0.3, -0.25) is 0 Å². The van der Waals surface area contributed by atoms with Crippen molar-refractivity contribution in [3.05, 3.63) is 29.6 Å². The lowest BCUT2D eigenvalue weighted by Gasteiger charge is -2.04. The molecule has 0 saturated carbocycles. The molecule has 0 aliphatic carbocycles. The Morgan fingerprint density at radius 1 is 1.33 bits per heavy atom. The zero-order valence-corrected chi connectivity index (χ0v) is 9.35. The zero-order valence-electron chi connectivity index (χ0n) is 8.53. The van der Waals surface area contributed by atoms with Crippen LogP contribution >= 0.6 is 0 Å². The van der Waals surface area contributed by atoms with Crippen molar-refractivity contribution in [3.63, 3.8) is 0 Å². The number of benzene rings is 1. The molecular formula is C10H14FNO2S. The third-order valence-electron chi connectivity index (χ3n) is 1.88. The second-order valence-electron chi connectivity index (χ2n) is 3.48.